The number of piperidine rings is 1. The molecule has 1 aromatic carbocycles. The maximum atomic E-state index is 12.5. The predicted octanol–water partition coefficient (Wildman–Crippen LogP) is 3.21. The van der Waals surface area contributed by atoms with Gasteiger partial charge < -0.3 is 10.2 Å². The van der Waals surface area contributed by atoms with Gasteiger partial charge in [-0.2, -0.15) is 0 Å². The lowest BCUT2D eigenvalue weighted by molar-refractivity contribution is 0.0607. The van der Waals surface area contributed by atoms with Crippen LogP contribution in [-0.4, -0.2) is 37.0 Å². The van der Waals surface area contributed by atoms with Crippen molar-refractivity contribution in [2.24, 2.45) is 5.41 Å². The fourth-order valence-electron chi connectivity index (χ4n) is 3.22. The predicted molar refractivity (Wildman–Crippen MR) is 81.5 cm³/mol. The summed E-state index contributed by atoms with van der Waals surface area (Å²) in [5, 5.41) is 4.36. The lowest BCUT2D eigenvalue weighted by Gasteiger charge is -2.38. The molecule has 3 nitrogen and oxygen atoms in total. The van der Waals surface area contributed by atoms with Crippen molar-refractivity contribution in [1.82, 2.24) is 10.2 Å². The van der Waals surface area contributed by atoms with Crippen molar-refractivity contribution in [3.05, 3.63) is 33.8 Å². The molecule has 0 bridgehead atoms. The Morgan fingerprint density at radius 1 is 1.15 bits per heavy atom. The van der Waals surface area contributed by atoms with Gasteiger partial charge >= 0.3 is 0 Å². The highest BCUT2D eigenvalue weighted by Gasteiger charge is 2.38. The van der Waals surface area contributed by atoms with Crippen LogP contribution in [-0.2, 0) is 0 Å². The van der Waals surface area contributed by atoms with E-state index in [0.717, 1.165) is 39.0 Å². The first-order chi connectivity index (χ1) is 9.60. The second-order valence-electron chi connectivity index (χ2n) is 5.85. The molecule has 20 heavy (non-hydrogen) atoms. The third kappa shape index (κ3) is 2.67. The minimum Gasteiger partial charge on any atom is -0.339 e. The zero-order valence-corrected chi connectivity index (χ0v) is 12.8. The zero-order valence-electron chi connectivity index (χ0n) is 11.3. The van der Waals surface area contributed by atoms with Crippen LogP contribution < -0.4 is 5.32 Å². The molecule has 0 radical (unpaired) electrons. The van der Waals surface area contributed by atoms with E-state index in [9.17, 15) is 4.79 Å². The molecule has 2 heterocycles. The van der Waals surface area contributed by atoms with Gasteiger partial charge in [-0.1, -0.05) is 23.2 Å². The van der Waals surface area contributed by atoms with Gasteiger partial charge in [0, 0.05) is 25.2 Å². The first kappa shape index (κ1) is 14.2. The molecule has 2 fully saturated rings. The topological polar surface area (TPSA) is 32.3 Å². The Kier molecular flexibility index (Phi) is 3.93. The molecule has 0 atom stereocenters. The monoisotopic (exact) mass is 312 g/mol. The van der Waals surface area contributed by atoms with E-state index in [1.165, 1.54) is 6.42 Å². The number of halogens is 2. The molecular formula is C15H18Cl2N2O. The molecule has 5 heteroatoms. The van der Waals surface area contributed by atoms with Crippen LogP contribution in [0.3, 0.4) is 0 Å². The standard InChI is InChI=1S/C15H18Cl2N2O/c16-12-2-1-11(9-13(12)17)14(20)19-7-4-15(5-8-19)3-6-18-10-15/h1-2,9,18H,3-8,10H2. The molecule has 0 saturated carbocycles. The highest BCUT2D eigenvalue weighted by atomic mass is 35.5. The van der Waals surface area contributed by atoms with Crippen molar-refractivity contribution in [2.45, 2.75) is 19.3 Å². The van der Waals surface area contributed by atoms with Crippen LogP contribution in [0.1, 0.15) is 29.6 Å². The molecule has 1 N–H and O–H groups in total. The lowest BCUT2D eigenvalue weighted by Crippen LogP contribution is -2.44. The van der Waals surface area contributed by atoms with E-state index < -0.39 is 0 Å². The normalized spacial score (nSPS) is 21.4. The fourth-order valence-corrected chi connectivity index (χ4v) is 3.52. The van der Waals surface area contributed by atoms with Gasteiger partial charge in [0.25, 0.3) is 5.91 Å². The first-order valence-electron chi connectivity index (χ1n) is 7.05. The number of nitrogens with zero attached hydrogens (tertiary/aromatic N) is 1. The molecule has 2 aliphatic heterocycles. The maximum Gasteiger partial charge on any atom is 0.253 e. The Labute approximate surface area is 129 Å². The first-order valence-corrected chi connectivity index (χ1v) is 7.80. The van der Waals surface area contributed by atoms with Crippen LogP contribution in [0, 0.1) is 5.41 Å². The molecule has 2 saturated heterocycles. The van der Waals surface area contributed by atoms with Crippen LogP contribution in [0.25, 0.3) is 0 Å². The number of carbonyl (C=O) groups excluding carboxylic acids is 1. The lowest BCUT2D eigenvalue weighted by atomic mass is 9.78. The molecular weight excluding hydrogens is 295 g/mol. The van der Waals surface area contributed by atoms with Crippen molar-refractivity contribution in [3.63, 3.8) is 0 Å². The van der Waals surface area contributed by atoms with Crippen LogP contribution in [0.2, 0.25) is 10.0 Å². The van der Waals surface area contributed by atoms with E-state index in [4.69, 9.17) is 23.2 Å². The average Bonchev–Trinajstić information content (AvgIpc) is 2.90. The second-order valence-corrected chi connectivity index (χ2v) is 6.66. The van der Waals surface area contributed by atoms with Crippen molar-refractivity contribution in [1.29, 1.82) is 0 Å². The number of carbonyl (C=O) groups is 1. The maximum absolute atomic E-state index is 12.5. The van der Waals surface area contributed by atoms with Crippen molar-refractivity contribution >= 4 is 29.1 Å². The summed E-state index contributed by atoms with van der Waals surface area (Å²) in [5.41, 5.74) is 1.05. The van der Waals surface area contributed by atoms with Crippen LogP contribution in [0.4, 0.5) is 0 Å². The number of hydrogen-bond acceptors (Lipinski definition) is 2. The quantitative estimate of drug-likeness (QED) is 0.863. The Hall–Kier alpha value is -0.770. The Bertz CT molecular complexity index is 517. The van der Waals surface area contributed by atoms with Gasteiger partial charge in [0.1, 0.15) is 0 Å². The van der Waals surface area contributed by atoms with Gasteiger partial charge in [0.15, 0.2) is 0 Å². The number of benzene rings is 1. The van der Waals surface area contributed by atoms with Gasteiger partial charge in [0.2, 0.25) is 0 Å². The van der Waals surface area contributed by atoms with Gasteiger partial charge in [0.05, 0.1) is 10.0 Å². The second kappa shape index (κ2) is 5.55. The molecule has 0 aliphatic carbocycles. The fraction of sp³-hybridized carbons (Fsp3) is 0.533. The third-order valence-electron chi connectivity index (χ3n) is 4.61. The average molecular weight is 313 g/mol. The highest BCUT2D eigenvalue weighted by Crippen LogP contribution is 2.37. The van der Waals surface area contributed by atoms with E-state index >= 15 is 0 Å². The Morgan fingerprint density at radius 2 is 1.90 bits per heavy atom. The molecule has 1 aromatic rings. The van der Waals surface area contributed by atoms with Gasteiger partial charge in [-0.05, 0) is 49.4 Å². The SMILES string of the molecule is O=C(c1ccc(Cl)c(Cl)c1)N1CCC2(CCNC2)CC1. The van der Waals surface area contributed by atoms with E-state index in [0.29, 0.717) is 21.0 Å². The van der Waals surface area contributed by atoms with Crippen molar-refractivity contribution in [2.75, 3.05) is 26.2 Å². The summed E-state index contributed by atoms with van der Waals surface area (Å²) in [6.07, 6.45) is 3.42. The molecule has 1 spiro atoms. The minimum atomic E-state index is 0.0596. The Morgan fingerprint density at radius 3 is 2.50 bits per heavy atom. The van der Waals surface area contributed by atoms with Crippen LogP contribution in [0.5, 0.6) is 0 Å². The summed E-state index contributed by atoms with van der Waals surface area (Å²) in [7, 11) is 0. The van der Waals surface area contributed by atoms with Crippen LogP contribution in [0.15, 0.2) is 18.2 Å². The number of likely N-dealkylation sites (tertiary alicyclic amines) is 1. The van der Waals surface area contributed by atoms with Gasteiger partial charge in [-0.15, -0.1) is 0 Å². The van der Waals surface area contributed by atoms with Gasteiger partial charge in [-0.25, -0.2) is 0 Å². The van der Waals surface area contributed by atoms with Crippen LogP contribution >= 0.6 is 23.2 Å². The molecule has 0 unspecified atom stereocenters. The Balaban J connectivity index is 1.68. The number of rotatable bonds is 1. The molecule has 2 aliphatic rings. The molecule has 0 aromatic heterocycles. The number of hydrogen-bond donors (Lipinski definition) is 1. The number of amides is 1. The summed E-state index contributed by atoms with van der Waals surface area (Å²) in [5.74, 6) is 0.0596. The molecule has 1 amide bonds. The van der Waals surface area contributed by atoms with Crippen molar-refractivity contribution in [3.8, 4) is 0 Å². The highest BCUT2D eigenvalue weighted by molar-refractivity contribution is 6.42. The third-order valence-corrected chi connectivity index (χ3v) is 5.35. The summed E-state index contributed by atoms with van der Waals surface area (Å²) < 4.78 is 0. The summed E-state index contributed by atoms with van der Waals surface area (Å²) >= 11 is 11.9. The summed E-state index contributed by atoms with van der Waals surface area (Å²) in [4.78, 5) is 14.4. The summed E-state index contributed by atoms with van der Waals surface area (Å²) in [6.45, 7) is 3.88. The largest absolute Gasteiger partial charge is 0.339 e. The zero-order chi connectivity index (χ0) is 14.2. The number of nitrogens with one attached hydrogen (secondary N) is 1. The summed E-state index contributed by atoms with van der Waals surface area (Å²) in [6, 6.07) is 5.09. The molecule has 3 rings (SSSR count). The smallest absolute Gasteiger partial charge is 0.253 e. The van der Waals surface area contributed by atoms with E-state index in [-0.39, 0.29) is 5.91 Å². The molecule has 108 valence electrons. The van der Waals surface area contributed by atoms with Gasteiger partial charge in [-0.3, -0.25) is 4.79 Å². The minimum absolute atomic E-state index is 0.0596. The van der Waals surface area contributed by atoms with E-state index in [1.807, 2.05) is 4.90 Å². The van der Waals surface area contributed by atoms with E-state index in [1.54, 1.807) is 18.2 Å². The van der Waals surface area contributed by atoms with E-state index in [2.05, 4.69) is 5.32 Å². The van der Waals surface area contributed by atoms with Crippen molar-refractivity contribution < 1.29 is 4.79 Å².